The van der Waals surface area contributed by atoms with Gasteiger partial charge in [0.2, 0.25) is 5.91 Å². The fraction of sp³-hybridized carbons (Fsp3) is 0.172. The molecular formula is C29H27N5O2S. The molecule has 7 nitrogen and oxygen atoms in total. The molecule has 0 aliphatic rings. The number of hydrogen-bond acceptors (Lipinski definition) is 5. The second-order valence-electron chi connectivity index (χ2n) is 8.90. The summed E-state index contributed by atoms with van der Waals surface area (Å²) in [5.41, 5.74) is 6.48. The molecule has 0 aliphatic carbocycles. The lowest BCUT2D eigenvalue weighted by Gasteiger charge is -2.16. The van der Waals surface area contributed by atoms with Gasteiger partial charge in [0.1, 0.15) is 0 Å². The number of carbonyl (C=O) groups excluding carboxylic acids is 1. The quantitative estimate of drug-likeness (QED) is 0.240. The van der Waals surface area contributed by atoms with Crippen LogP contribution in [0.4, 0.5) is 5.69 Å². The minimum atomic E-state index is -0.196. The van der Waals surface area contributed by atoms with Gasteiger partial charge in [0, 0.05) is 0 Å². The van der Waals surface area contributed by atoms with Crippen LogP contribution in [0.2, 0.25) is 0 Å². The van der Waals surface area contributed by atoms with Crippen molar-refractivity contribution in [1.29, 1.82) is 0 Å². The van der Waals surface area contributed by atoms with E-state index < -0.39 is 0 Å². The smallest absolute Gasteiger partial charge is 0.266 e. The topological polar surface area (TPSA) is 81.8 Å². The predicted molar refractivity (Wildman–Crippen MR) is 149 cm³/mol. The summed E-state index contributed by atoms with van der Waals surface area (Å²) in [6.07, 6.45) is 0. The highest BCUT2D eigenvalue weighted by Crippen LogP contribution is 2.26. The van der Waals surface area contributed by atoms with Crippen LogP contribution in [-0.4, -0.2) is 31.0 Å². The van der Waals surface area contributed by atoms with Gasteiger partial charge >= 0.3 is 0 Å². The summed E-state index contributed by atoms with van der Waals surface area (Å²) in [6.45, 7) is 7.80. The number of fused-ring (bicyclic) bond motifs is 1. The molecule has 0 saturated carbocycles. The zero-order valence-corrected chi connectivity index (χ0v) is 22.0. The molecular weight excluding hydrogens is 482 g/mol. The van der Waals surface area contributed by atoms with Crippen molar-refractivity contribution in [1.82, 2.24) is 19.3 Å². The van der Waals surface area contributed by atoms with Gasteiger partial charge in [-0.25, -0.2) is 9.67 Å². The number of aromatic nitrogens is 4. The highest BCUT2D eigenvalue weighted by molar-refractivity contribution is 7.99. The Morgan fingerprint density at radius 1 is 0.919 bits per heavy atom. The van der Waals surface area contributed by atoms with E-state index >= 15 is 0 Å². The Labute approximate surface area is 219 Å². The Morgan fingerprint density at radius 2 is 1.65 bits per heavy atom. The van der Waals surface area contributed by atoms with Gasteiger partial charge in [0.25, 0.3) is 5.56 Å². The molecule has 0 radical (unpaired) electrons. The van der Waals surface area contributed by atoms with Crippen molar-refractivity contribution in [3.63, 3.8) is 0 Å². The van der Waals surface area contributed by atoms with Gasteiger partial charge < -0.3 is 5.32 Å². The normalized spacial score (nSPS) is 11.1. The first-order chi connectivity index (χ1) is 17.8. The number of anilines is 1. The number of hydrogen-bond donors (Lipinski definition) is 1. The van der Waals surface area contributed by atoms with E-state index in [4.69, 9.17) is 4.98 Å². The fourth-order valence-corrected chi connectivity index (χ4v) is 5.15. The number of carbonyl (C=O) groups is 1. The van der Waals surface area contributed by atoms with Crippen LogP contribution in [0.1, 0.15) is 22.5 Å². The van der Waals surface area contributed by atoms with Gasteiger partial charge in [-0.3, -0.25) is 14.2 Å². The summed E-state index contributed by atoms with van der Waals surface area (Å²) in [4.78, 5) is 31.4. The average Bonchev–Trinajstić information content (AvgIpc) is 3.18. The number of nitrogens with one attached hydrogen (secondary N) is 1. The maximum atomic E-state index is 13.6. The van der Waals surface area contributed by atoms with Crippen LogP contribution in [0.25, 0.3) is 22.3 Å². The zero-order valence-electron chi connectivity index (χ0n) is 21.1. The third-order valence-corrected chi connectivity index (χ3v) is 7.39. The number of amides is 1. The molecule has 0 aliphatic heterocycles. The van der Waals surface area contributed by atoms with Crippen molar-refractivity contribution < 1.29 is 4.79 Å². The Hall–Kier alpha value is -4.17. The van der Waals surface area contributed by atoms with Crippen LogP contribution in [0.15, 0.2) is 82.7 Å². The standard InChI is InChI=1S/C29H27N5O2S/c1-18-11-10-16-25(19(18)2)33-28(36)23-14-8-9-15-24(23)30-29(33)37-17-26(35)31-27-20(3)32-34(21(27)4)22-12-6-5-7-13-22/h5-16H,17H2,1-4H3,(H,31,35). The Kier molecular flexibility index (Phi) is 6.67. The molecule has 0 spiro atoms. The first kappa shape index (κ1) is 24.5. The molecule has 0 saturated heterocycles. The lowest BCUT2D eigenvalue weighted by Crippen LogP contribution is -2.23. The van der Waals surface area contributed by atoms with Crippen molar-refractivity contribution in [2.45, 2.75) is 32.9 Å². The molecule has 2 heterocycles. The Bertz CT molecular complexity index is 1690. The van der Waals surface area contributed by atoms with Gasteiger partial charge in [0.05, 0.1) is 45.1 Å². The van der Waals surface area contributed by atoms with E-state index in [0.29, 0.717) is 21.7 Å². The third-order valence-electron chi connectivity index (χ3n) is 6.45. The molecule has 0 atom stereocenters. The average molecular weight is 510 g/mol. The van der Waals surface area contributed by atoms with E-state index in [-0.39, 0.29) is 17.2 Å². The first-order valence-corrected chi connectivity index (χ1v) is 13.0. The van der Waals surface area contributed by atoms with Crippen LogP contribution in [0.5, 0.6) is 0 Å². The van der Waals surface area contributed by atoms with Crippen LogP contribution < -0.4 is 10.9 Å². The molecule has 0 bridgehead atoms. The van der Waals surface area contributed by atoms with E-state index in [1.54, 1.807) is 10.6 Å². The maximum Gasteiger partial charge on any atom is 0.266 e. The van der Waals surface area contributed by atoms with E-state index in [9.17, 15) is 9.59 Å². The number of thioether (sulfide) groups is 1. The lowest BCUT2D eigenvalue weighted by atomic mass is 10.1. The second-order valence-corrected chi connectivity index (χ2v) is 9.84. The lowest BCUT2D eigenvalue weighted by molar-refractivity contribution is -0.113. The van der Waals surface area contributed by atoms with E-state index in [1.807, 2.05) is 99.1 Å². The summed E-state index contributed by atoms with van der Waals surface area (Å²) in [6, 6.07) is 22.9. The molecule has 0 unspecified atom stereocenters. The minimum Gasteiger partial charge on any atom is -0.322 e. The van der Waals surface area contributed by atoms with Gasteiger partial charge in [-0.1, -0.05) is 54.2 Å². The third kappa shape index (κ3) is 4.68. The highest BCUT2D eigenvalue weighted by atomic mass is 32.2. The summed E-state index contributed by atoms with van der Waals surface area (Å²) >= 11 is 1.24. The number of rotatable bonds is 6. The summed E-state index contributed by atoms with van der Waals surface area (Å²) in [5.74, 6) is -0.107. The van der Waals surface area contributed by atoms with Crippen LogP contribution in [0.3, 0.4) is 0 Å². The second kappa shape index (κ2) is 10.1. The number of para-hydroxylation sites is 2. The van der Waals surface area contributed by atoms with E-state index in [0.717, 1.165) is 33.9 Å². The zero-order chi connectivity index (χ0) is 26.1. The van der Waals surface area contributed by atoms with E-state index in [2.05, 4.69) is 10.4 Å². The highest BCUT2D eigenvalue weighted by Gasteiger charge is 2.19. The fourth-order valence-electron chi connectivity index (χ4n) is 4.35. The van der Waals surface area contributed by atoms with Crippen LogP contribution in [-0.2, 0) is 4.79 Å². The summed E-state index contributed by atoms with van der Waals surface area (Å²) in [5, 5.41) is 8.63. The Morgan fingerprint density at radius 3 is 2.43 bits per heavy atom. The van der Waals surface area contributed by atoms with Crippen LogP contribution in [0, 0.1) is 27.7 Å². The minimum absolute atomic E-state index is 0.0883. The number of benzene rings is 3. The molecule has 1 N–H and O–H groups in total. The molecule has 5 aromatic rings. The largest absolute Gasteiger partial charge is 0.322 e. The molecule has 1 amide bonds. The molecule has 3 aromatic carbocycles. The molecule has 2 aromatic heterocycles. The van der Waals surface area contributed by atoms with E-state index in [1.165, 1.54) is 11.8 Å². The SMILES string of the molecule is Cc1cccc(-n2c(SCC(=O)Nc3c(C)nn(-c4ccccc4)c3C)nc3ccccc3c2=O)c1C. The Balaban J connectivity index is 1.46. The van der Waals surface area contributed by atoms with Gasteiger partial charge in [-0.15, -0.1) is 0 Å². The van der Waals surface area contributed by atoms with Gasteiger partial charge in [-0.05, 0) is 69.2 Å². The molecule has 0 fully saturated rings. The molecule has 37 heavy (non-hydrogen) atoms. The first-order valence-electron chi connectivity index (χ1n) is 12.0. The number of nitrogens with zero attached hydrogens (tertiary/aromatic N) is 4. The summed E-state index contributed by atoms with van der Waals surface area (Å²) in [7, 11) is 0. The monoisotopic (exact) mass is 509 g/mol. The predicted octanol–water partition coefficient (Wildman–Crippen LogP) is 5.54. The van der Waals surface area contributed by atoms with Gasteiger partial charge in [0.15, 0.2) is 5.16 Å². The molecule has 186 valence electrons. The maximum absolute atomic E-state index is 13.6. The van der Waals surface area contributed by atoms with Crippen molar-refractivity contribution in [3.8, 4) is 11.4 Å². The van der Waals surface area contributed by atoms with Crippen molar-refractivity contribution in [2.75, 3.05) is 11.1 Å². The molecule has 5 rings (SSSR count). The number of aryl methyl sites for hydroxylation is 2. The van der Waals surface area contributed by atoms with Crippen molar-refractivity contribution in [2.24, 2.45) is 0 Å². The summed E-state index contributed by atoms with van der Waals surface area (Å²) < 4.78 is 3.44. The van der Waals surface area contributed by atoms with Crippen molar-refractivity contribution in [3.05, 3.63) is 106 Å². The van der Waals surface area contributed by atoms with Crippen molar-refractivity contribution >= 4 is 34.3 Å². The van der Waals surface area contributed by atoms with Crippen LogP contribution >= 0.6 is 11.8 Å². The van der Waals surface area contributed by atoms with Gasteiger partial charge in [-0.2, -0.15) is 5.10 Å². The molecule has 8 heteroatoms.